The van der Waals surface area contributed by atoms with E-state index in [4.69, 9.17) is 16.2 Å². The molecule has 4 nitrogen and oxygen atoms in total. The topological polar surface area (TPSA) is 74.2 Å². The lowest BCUT2D eigenvalue weighted by Crippen LogP contribution is -2.03. The summed E-state index contributed by atoms with van der Waals surface area (Å²) >= 11 is 0. The highest BCUT2D eigenvalue weighted by molar-refractivity contribution is 5.65. The molecule has 0 atom stereocenters. The van der Waals surface area contributed by atoms with Gasteiger partial charge in [0.15, 0.2) is 0 Å². The number of ether oxygens (including phenoxy) is 1. The average Bonchev–Trinajstić information content (AvgIpc) is 2.35. The minimum absolute atomic E-state index is 0.542. The Morgan fingerprint density at radius 3 is 2.65 bits per heavy atom. The van der Waals surface area contributed by atoms with E-state index >= 15 is 0 Å². The maximum absolute atomic E-state index is 5.69. The molecule has 0 aliphatic carbocycles. The summed E-state index contributed by atoms with van der Waals surface area (Å²) in [5.41, 5.74) is 13.4. The minimum Gasteiger partial charge on any atom is -0.493 e. The molecule has 0 aliphatic heterocycles. The van der Waals surface area contributed by atoms with Crippen molar-refractivity contribution in [1.82, 2.24) is 4.98 Å². The Bertz CT molecular complexity index is 485. The fraction of sp³-hybridized carbons (Fsp3) is 0.154. The number of nitrogens with zero attached hydrogens (tertiary/aromatic N) is 1. The summed E-state index contributed by atoms with van der Waals surface area (Å²) in [5, 5.41) is 0. The fourth-order valence-electron chi connectivity index (χ4n) is 1.46. The van der Waals surface area contributed by atoms with Gasteiger partial charge < -0.3 is 16.2 Å². The van der Waals surface area contributed by atoms with E-state index in [0.29, 0.717) is 18.0 Å². The van der Waals surface area contributed by atoms with Crippen LogP contribution in [0, 0.1) is 0 Å². The van der Waals surface area contributed by atoms with Gasteiger partial charge in [-0.1, -0.05) is 6.07 Å². The average molecular weight is 229 g/mol. The zero-order valence-corrected chi connectivity index (χ0v) is 9.47. The molecule has 1 aromatic heterocycles. The molecule has 0 fully saturated rings. The first-order valence-electron chi connectivity index (χ1n) is 5.43. The molecule has 0 unspecified atom stereocenters. The number of benzene rings is 1. The number of hydrogen-bond donors (Lipinski definition) is 2. The van der Waals surface area contributed by atoms with Crippen molar-refractivity contribution in [2.75, 3.05) is 18.1 Å². The van der Waals surface area contributed by atoms with E-state index in [2.05, 4.69) is 4.98 Å². The Balaban J connectivity index is 1.88. The molecule has 4 N–H and O–H groups in total. The number of anilines is 2. The van der Waals surface area contributed by atoms with Crippen LogP contribution in [0.4, 0.5) is 11.4 Å². The zero-order valence-electron chi connectivity index (χ0n) is 9.47. The molecule has 0 aliphatic rings. The van der Waals surface area contributed by atoms with E-state index in [1.807, 2.05) is 24.3 Å². The summed E-state index contributed by atoms with van der Waals surface area (Å²) in [7, 11) is 0. The van der Waals surface area contributed by atoms with Gasteiger partial charge in [-0.3, -0.25) is 4.98 Å². The van der Waals surface area contributed by atoms with Gasteiger partial charge >= 0.3 is 0 Å². The van der Waals surface area contributed by atoms with Crippen molar-refractivity contribution in [2.24, 2.45) is 0 Å². The van der Waals surface area contributed by atoms with Crippen molar-refractivity contribution >= 4 is 11.4 Å². The van der Waals surface area contributed by atoms with E-state index in [1.54, 1.807) is 18.3 Å². The third kappa shape index (κ3) is 3.11. The van der Waals surface area contributed by atoms with Gasteiger partial charge in [0, 0.05) is 24.4 Å². The third-order valence-corrected chi connectivity index (χ3v) is 2.41. The Morgan fingerprint density at radius 2 is 1.94 bits per heavy atom. The molecule has 4 heteroatoms. The second kappa shape index (κ2) is 5.21. The van der Waals surface area contributed by atoms with Crippen LogP contribution in [0.5, 0.6) is 5.75 Å². The van der Waals surface area contributed by atoms with E-state index in [1.165, 1.54) is 0 Å². The predicted molar refractivity (Wildman–Crippen MR) is 68.7 cm³/mol. The highest BCUT2D eigenvalue weighted by Crippen LogP contribution is 2.21. The number of rotatable bonds is 4. The lowest BCUT2D eigenvalue weighted by Gasteiger charge is -2.07. The van der Waals surface area contributed by atoms with Crippen LogP contribution in [0.3, 0.4) is 0 Å². The second-order valence-electron chi connectivity index (χ2n) is 3.71. The Labute approximate surface area is 100 Å². The molecule has 0 saturated carbocycles. The molecule has 2 rings (SSSR count). The zero-order chi connectivity index (χ0) is 12.1. The smallest absolute Gasteiger partial charge is 0.121 e. The van der Waals surface area contributed by atoms with Crippen LogP contribution in [0.15, 0.2) is 42.6 Å². The van der Waals surface area contributed by atoms with E-state index in [-0.39, 0.29) is 0 Å². The summed E-state index contributed by atoms with van der Waals surface area (Å²) < 4.78 is 5.57. The van der Waals surface area contributed by atoms with Gasteiger partial charge in [-0.2, -0.15) is 0 Å². The van der Waals surface area contributed by atoms with E-state index < -0.39 is 0 Å². The molecular formula is C13H15N3O. The third-order valence-electron chi connectivity index (χ3n) is 2.41. The first-order valence-corrected chi connectivity index (χ1v) is 5.43. The van der Waals surface area contributed by atoms with Crippen molar-refractivity contribution < 1.29 is 4.74 Å². The normalized spacial score (nSPS) is 10.1. The molecule has 0 spiro atoms. The van der Waals surface area contributed by atoms with Crippen LogP contribution >= 0.6 is 0 Å². The number of nitrogen functional groups attached to an aromatic ring is 2. The molecule has 1 aromatic carbocycles. The summed E-state index contributed by atoms with van der Waals surface area (Å²) in [4.78, 5) is 4.22. The van der Waals surface area contributed by atoms with Gasteiger partial charge in [-0.15, -0.1) is 0 Å². The highest BCUT2D eigenvalue weighted by atomic mass is 16.5. The molecule has 0 amide bonds. The Kier molecular flexibility index (Phi) is 3.45. The number of aromatic nitrogens is 1. The van der Waals surface area contributed by atoms with Crippen LogP contribution < -0.4 is 16.2 Å². The monoisotopic (exact) mass is 229 g/mol. The SMILES string of the molecule is Nc1ccc(OCCc2ccccn2)cc1N. The number of hydrogen-bond acceptors (Lipinski definition) is 4. The van der Waals surface area contributed by atoms with Crippen LogP contribution in [0.2, 0.25) is 0 Å². The number of nitrogens with two attached hydrogens (primary N) is 2. The van der Waals surface area contributed by atoms with Gasteiger partial charge in [0.1, 0.15) is 5.75 Å². The van der Waals surface area contributed by atoms with Gasteiger partial charge in [0.2, 0.25) is 0 Å². The molecule has 0 bridgehead atoms. The van der Waals surface area contributed by atoms with Crippen LogP contribution in [0.25, 0.3) is 0 Å². The quantitative estimate of drug-likeness (QED) is 0.785. The fourth-order valence-corrected chi connectivity index (χ4v) is 1.46. The van der Waals surface area contributed by atoms with Crippen molar-refractivity contribution in [3.8, 4) is 5.75 Å². The first-order chi connectivity index (χ1) is 8.25. The molecular weight excluding hydrogens is 214 g/mol. The van der Waals surface area contributed by atoms with Gasteiger partial charge in [0.25, 0.3) is 0 Å². The van der Waals surface area contributed by atoms with E-state index in [9.17, 15) is 0 Å². The Morgan fingerprint density at radius 1 is 1.06 bits per heavy atom. The summed E-state index contributed by atoms with van der Waals surface area (Å²) in [6.45, 7) is 0.570. The van der Waals surface area contributed by atoms with Crippen LogP contribution in [0.1, 0.15) is 5.69 Å². The largest absolute Gasteiger partial charge is 0.493 e. The van der Waals surface area contributed by atoms with Crippen molar-refractivity contribution in [2.45, 2.75) is 6.42 Å². The standard InChI is InChI=1S/C13H15N3O/c14-12-5-4-11(9-13(12)15)17-8-6-10-3-1-2-7-16-10/h1-5,7,9H,6,8,14-15H2. The molecule has 17 heavy (non-hydrogen) atoms. The summed E-state index contributed by atoms with van der Waals surface area (Å²) in [6.07, 6.45) is 2.54. The first kappa shape index (κ1) is 11.3. The summed E-state index contributed by atoms with van der Waals surface area (Å²) in [6, 6.07) is 11.1. The summed E-state index contributed by atoms with van der Waals surface area (Å²) in [5.74, 6) is 0.729. The van der Waals surface area contributed by atoms with Gasteiger partial charge in [0.05, 0.1) is 18.0 Å². The molecule has 2 aromatic rings. The van der Waals surface area contributed by atoms with E-state index in [0.717, 1.165) is 17.9 Å². The van der Waals surface area contributed by atoms with Crippen LogP contribution in [-0.4, -0.2) is 11.6 Å². The predicted octanol–water partition coefficient (Wildman–Crippen LogP) is 1.87. The van der Waals surface area contributed by atoms with Crippen molar-refractivity contribution in [3.63, 3.8) is 0 Å². The highest BCUT2D eigenvalue weighted by Gasteiger charge is 1.99. The lowest BCUT2D eigenvalue weighted by molar-refractivity contribution is 0.321. The molecule has 1 heterocycles. The number of pyridine rings is 1. The lowest BCUT2D eigenvalue weighted by atomic mass is 10.2. The maximum Gasteiger partial charge on any atom is 0.121 e. The van der Waals surface area contributed by atoms with Crippen molar-refractivity contribution in [3.05, 3.63) is 48.3 Å². The second-order valence-corrected chi connectivity index (χ2v) is 3.71. The Hall–Kier alpha value is -2.23. The molecule has 0 radical (unpaired) electrons. The molecule has 0 saturated heterocycles. The van der Waals surface area contributed by atoms with Gasteiger partial charge in [-0.05, 0) is 24.3 Å². The molecule has 88 valence electrons. The minimum atomic E-state index is 0.542. The van der Waals surface area contributed by atoms with Crippen LogP contribution in [-0.2, 0) is 6.42 Å². The maximum atomic E-state index is 5.69. The van der Waals surface area contributed by atoms with Crippen molar-refractivity contribution in [1.29, 1.82) is 0 Å². The van der Waals surface area contributed by atoms with Gasteiger partial charge in [-0.25, -0.2) is 0 Å².